The van der Waals surface area contributed by atoms with Gasteiger partial charge < -0.3 is 10.1 Å². The summed E-state index contributed by atoms with van der Waals surface area (Å²) in [6, 6.07) is 5.83. The van der Waals surface area contributed by atoms with E-state index in [0.717, 1.165) is 37.3 Å². The van der Waals surface area contributed by atoms with Crippen molar-refractivity contribution in [2.24, 2.45) is 0 Å². The molecule has 1 aromatic rings. The highest BCUT2D eigenvalue weighted by molar-refractivity contribution is 5.90. The first-order valence-electron chi connectivity index (χ1n) is 5.85. The van der Waals surface area contributed by atoms with Crippen LogP contribution in [0, 0.1) is 0 Å². The van der Waals surface area contributed by atoms with Crippen LogP contribution in [0.4, 0.5) is 5.69 Å². The highest BCUT2D eigenvalue weighted by atomic mass is 16.5. The molecule has 86 valence electrons. The average Bonchev–Trinajstić information content (AvgIpc) is 2.73. The molecule has 0 bridgehead atoms. The first-order chi connectivity index (χ1) is 7.79. The van der Waals surface area contributed by atoms with Gasteiger partial charge in [-0.05, 0) is 30.2 Å². The van der Waals surface area contributed by atoms with Crippen LogP contribution in [0.5, 0.6) is 5.75 Å². The van der Waals surface area contributed by atoms with Crippen molar-refractivity contribution >= 4 is 11.6 Å². The highest BCUT2D eigenvalue weighted by Crippen LogP contribution is 2.27. The van der Waals surface area contributed by atoms with Gasteiger partial charge in [0.1, 0.15) is 5.75 Å². The Morgan fingerprint density at radius 1 is 1.50 bits per heavy atom. The molecule has 0 atom stereocenters. The Kier molecular flexibility index (Phi) is 3.44. The summed E-state index contributed by atoms with van der Waals surface area (Å²) in [5.41, 5.74) is 2.07. The fourth-order valence-electron chi connectivity index (χ4n) is 1.83. The second-order valence-corrected chi connectivity index (χ2v) is 4.07. The van der Waals surface area contributed by atoms with Crippen LogP contribution in [0.25, 0.3) is 0 Å². The molecule has 1 aliphatic rings. The Morgan fingerprint density at radius 2 is 2.38 bits per heavy atom. The highest BCUT2D eigenvalue weighted by Gasteiger charge is 2.12. The molecule has 0 aliphatic carbocycles. The Labute approximate surface area is 95.8 Å². The summed E-state index contributed by atoms with van der Waals surface area (Å²) in [4.78, 5) is 11.5. The number of benzene rings is 1. The molecular weight excluding hydrogens is 202 g/mol. The van der Waals surface area contributed by atoms with Crippen LogP contribution in [0.3, 0.4) is 0 Å². The zero-order valence-corrected chi connectivity index (χ0v) is 9.58. The van der Waals surface area contributed by atoms with Crippen molar-refractivity contribution in [1.29, 1.82) is 0 Å². The molecule has 0 fully saturated rings. The first-order valence-corrected chi connectivity index (χ1v) is 5.85. The van der Waals surface area contributed by atoms with Crippen LogP contribution in [0.15, 0.2) is 18.2 Å². The maximum atomic E-state index is 11.5. The van der Waals surface area contributed by atoms with Crippen LogP contribution in [-0.4, -0.2) is 12.5 Å². The maximum Gasteiger partial charge on any atom is 0.224 e. The third-order valence-corrected chi connectivity index (χ3v) is 2.73. The van der Waals surface area contributed by atoms with Crippen LogP contribution < -0.4 is 10.1 Å². The fourth-order valence-corrected chi connectivity index (χ4v) is 1.83. The number of carbonyl (C=O) groups is 1. The Balaban J connectivity index is 1.97. The van der Waals surface area contributed by atoms with Crippen LogP contribution in [0.1, 0.15) is 31.7 Å². The van der Waals surface area contributed by atoms with Crippen molar-refractivity contribution in [3.8, 4) is 5.75 Å². The SMILES string of the molecule is CCCCC(=O)Nc1ccc2c(c1)CCO2. The van der Waals surface area contributed by atoms with E-state index in [9.17, 15) is 4.79 Å². The second-order valence-electron chi connectivity index (χ2n) is 4.07. The predicted octanol–water partition coefficient (Wildman–Crippen LogP) is 2.75. The lowest BCUT2D eigenvalue weighted by molar-refractivity contribution is -0.116. The first kappa shape index (κ1) is 11.0. The van der Waals surface area contributed by atoms with E-state index in [0.29, 0.717) is 6.42 Å². The number of ether oxygens (including phenoxy) is 1. The van der Waals surface area contributed by atoms with Gasteiger partial charge in [-0.1, -0.05) is 13.3 Å². The third kappa shape index (κ3) is 2.54. The smallest absolute Gasteiger partial charge is 0.224 e. The van der Waals surface area contributed by atoms with E-state index in [2.05, 4.69) is 12.2 Å². The van der Waals surface area contributed by atoms with Gasteiger partial charge >= 0.3 is 0 Å². The Bertz CT molecular complexity index is 388. The van der Waals surface area contributed by atoms with Gasteiger partial charge in [-0.2, -0.15) is 0 Å². The zero-order chi connectivity index (χ0) is 11.4. The number of amides is 1. The number of fused-ring (bicyclic) bond motifs is 1. The fraction of sp³-hybridized carbons (Fsp3) is 0.462. The molecular formula is C13H17NO2. The van der Waals surface area contributed by atoms with Gasteiger partial charge in [0.25, 0.3) is 0 Å². The summed E-state index contributed by atoms with van der Waals surface area (Å²) >= 11 is 0. The molecule has 3 heteroatoms. The monoisotopic (exact) mass is 219 g/mol. The van der Waals surface area contributed by atoms with E-state index in [4.69, 9.17) is 4.74 Å². The van der Waals surface area contributed by atoms with E-state index in [-0.39, 0.29) is 5.91 Å². The van der Waals surface area contributed by atoms with Crippen LogP contribution >= 0.6 is 0 Å². The van der Waals surface area contributed by atoms with Gasteiger partial charge in [0.05, 0.1) is 6.61 Å². The van der Waals surface area contributed by atoms with Crippen molar-refractivity contribution in [1.82, 2.24) is 0 Å². The summed E-state index contributed by atoms with van der Waals surface area (Å²) < 4.78 is 5.41. The van der Waals surface area contributed by atoms with E-state index >= 15 is 0 Å². The van der Waals surface area contributed by atoms with Crippen LogP contribution in [0.2, 0.25) is 0 Å². The van der Waals surface area contributed by atoms with E-state index in [1.54, 1.807) is 0 Å². The molecule has 1 heterocycles. The molecule has 16 heavy (non-hydrogen) atoms. The molecule has 1 aliphatic heterocycles. The summed E-state index contributed by atoms with van der Waals surface area (Å²) in [5, 5.41) is 2.91. The molecule has 1 aromatic carbocycles. The molecule has 2 rings (SSSR count). The average molecular weight is 219 g/mol. The van der Waals surface area contributed by atoms with Gasteiger partial charge in [-0.15, -0.1) is 0 Å². The molecule has 0 radical (unpaired) electrons. The second kappa shape index (κ2) is 5.01. The minimum absolute atomic E-state index is 0.0979. The summed E-state index contributed by atoms with van der Waals surface area (Å²) in [6.45, 7) is 2.84. The number of carbonyl (C=O) groups excluding carboxylic acids is 1. The lowest BCUT2D eigenvalue weighted by atomic mass is 10.1. The molecule has 0 saturated carbocycles. The van der Waals surface area contributed by atoms with E-state index in [1.807, 2.05) is 18.2 Å². The number of nitrogens with one attached hydrogen (secondary N) is 1. The normalized spacial score (nSPS) is 13.1. The van der Waals surface area contributed by atoms with Crippen LogP contribution in [-0.2, 0) is 11.2 Å². The largest absolute Gasteiger partial charge is 0.493 e. The zero-order valence-electron chi connectivity index (χ0n) is 9.58. The summed E-state index contributed by atoms with van der Waals surface area (Å²) in [7, 11) is 0. The topological polar surface area (TPSA) is 38.3 Å². The van der Waals surface area contributed by atoms with Crippen molar-refractivity contribution < 1.29 is 9.53 Å². The molecule has 1 N–H and O–H groups in total. The van der Waals surface area contributed by atoms with Gasteiger partial charge in [0.2, 0.25) is 5.91 Å². The van der Waals surface area contributed by atoms with E-state index in [1.165, 1.54) is 5.56 Å². The van der Waals surface area contributed by atoms with Gasteiger partial charge in [0.15, 0.2) is 0 Å². The summed E-state index contributed by atoms with van der Waals surface area (Å²) in [6.07, 6.45) is 3.53. The molecule has 0 unspecified atom stereocenters. The molecule has 0 spiro atoms. The number of unbranched alkanes of at least 4 members (excludes halogenated alkanes) is 1. The van der Waals surface area contributed by atoms with Crippen molar-refractivity contribution in [3.05, 3.63) is 23.8 Å². The van der Waals surface area contributed by atoms with Gasteiger partial charge in [-0.25, -0.2) is 0 Å². The molecule has 0 aromatic heterocycles. The van der Waals surface area contributed by atoms with Crippen molar-refractivity contribution in [3.63, 3.8) is 0 Å². The Hall–Kier alpha value is -1.51. The number of hydrogen-bond acceptors (Lipinski definition) is 2. The number of rotatable bonds is 4. The van der Waals surface area contributed by atoms with Gasteiger partial charge in [0, 0.05) is 18.5 Å². The maximum absolute atomic E-state index is 11.5. The third-order valence-electron chi connectivity index (χ3n) is 2.73. The number of hydrogen-bond donors (Lipinski definition) is 1. The summed E-state index contributed by atoms with van der Waals surface area (Å²) in [5.74, 6) is 1.05. The number of anilines is 1. The lowest BCUT2D eigenvalue weighted by Crippen LogP contribution is -2.10. The minimum Gasteiger partial charge on any atom is -0.493 e. The minimum atomic E-state index is 0.0979. The molecule has 3 nitrogen and oxygen atoms in total. The quantitative estimate of drug-likeness (QED) is 0.845. The van der Waals surface area contributed by atoms with Crippen molar-refractivity contribution in [2.45, 2.75) is 32.6 Å². The standard InChI is InChI=1S/C13H17NO2/c1-2-3-4-13(15)14-11-5-6-12-10(9-11)7-8-16-12/h5-6,9H,2-4,7-8H2,1H3,(H,14,15). The molecule has 0 saturated heterocycles. The van der Waals surface area contributed by atoms with Crippen molar-refractivity contribution in [2.75, 3.05) is 11.9 Å². The predicted molar refractivity (Wildman–Crippen MR) is 63.8 cm³/mol. The Morgan fingerprint density at radius 3 is 3.19 bits per heavy atom. The lowest BCUT2D eigenvalue weighted by Gasteiger charge is -2.06. The van der Waals surface area contributed by atoms with E-state index < -0.39 is 0 Å². The van der Waals surface area contributed by atoms with Gasteiger partial charge in [-0.3, -0.25) is 4.79 Å². The molecule has 1 amide bonds.